The van der Waals surface area contributed by atoms with Crippen LogP contribution in [0.3, 0.4) is 0 Å². The van der Waals surface area contributed by atoms with Crippen molar-refractivity contribution in [2.24, 2.45) is 0 Å². The molecule has 3 aromatic carbocycles. The minimum absolute atomic E-state index is 0.0314. The summed E-state index contributed by atoms with van der Waals surface area (Å²) < 4.78 is 28.8. The Kier molecular flexibility index (Phi) is 5.85. The van der Waals surface area contributed by atoms with Gasteiger partial charge in [-0.05, 0) is 59.4 Å². The normalized spacial score (nSPS) is 12.5. The summed E-state index contributed by atoms with van der Waals surface area (Å²) in [5.41, 5.74) is 2.60. The summed E-state index contributed by atoms with van der Waals surface area (Å²) >= 11 is 5.84. The molecule has 0 heterocycles. The maximum absolute atomic E-state index is 14.4. The quantitative estimate of drug-likeness (QED) is 0.420. The molecule has 0 aromatic heterocycles. The minimum atomic E-state index is -0.550. The molecule has 0 saturated heterocycles. The summed E-state index contributed by atoms with van der Waals surface area (Å²) in [4.78, 5) is 0. The number of rotatable bonds is 5. The lowest BCUT2D eigenvalue weighted by molar-refractivity contribution is 0.573. The average molecular weight is 369 g/mol. The summed E-state index contributed by atoms with van der Waals surface area (Å²) in [7, 11) is 0. The Morgan fingerprint density at radius 3 is 2.12 bits per heavy atom. The Balaban J connectivity index is 1.78. The van der Waals surface area contributed by atoms with Gasteiger partial charge in [-0.15, -0.1) is 0 Å². The molecule has 1 unspecified atom stereocenters. The van der Waals surface area contributed by atoms with Crippen molar-refractivity contribution in [3.63, 3.8) is 0 Å². The lowest BCUT2D eigenvalue weighted by Crippen LogP contribution is -2.01. The number of hydrogen-bond acceptors (Lipinski definition) is 0. The van der Waals surface area contributed by atoms with Crippen LogP contribution < -0.4 is 0 Å². The minimum Gasteiger partial charge on any atom is -0.206 e. The van der Waals surface area contributed by atoms with E-state index < -0.39 is 11.6 Å². The first-order valence-corrected chi connectivity index (χ1v) is 8.87. The molecular weight excluding hydrogens is 350 g/mol. The van der Waals surface area contributed by atoms with Gasteiger partial charge in [0.1, 0.15) is 11.6 Å². The van der Waals surface area contributed by atoms with Crippen LogP contribution in [0.5, 0.6) is 0 Å². The van der Waals surface area contributed by atoms with Crippen LogP contribution in [0.25, 0.3) is 12.2 Å². The van der Waals surface area contributed by atoms with E-state index >= 15 is 0 Å². The van der Waals surface area contributed by atoms with E-state index in [0.29, 0.717) is 17.0 Å². The van der Waals surface area contributed by atoms with Crippen LogP contribution in [0.15, 0.2) is 66.7 Å². The molecule has 3 rings (SSSR count). The first kappa shape index (κ1) is 18.3. The number of hydrogen-bond donors (Lipinski definition) is 0. The van der Waals surface area contributed by atoms with Crippen LogP contribution >= 0.6 is 11.6 Å². The van der Waals surface area contributed by atoms with Gasteiger partial charge in [0.25, 0.3) is 0 Å². The summed E-state index contributed by atoms with van der Waals surface area (Å²) in [6.07, 6.45) is 3.71. The molecule has 3 heteroatoms. The van der Waals surface area contributed by atoms with E-state index in [9.17, 15) is 8.78 Å². The van der Waals surface area contributed by atoms with Gasteiger partial charge in [-0.25, -0.2) is 8.78 Å². The summed E-state index contributed by atoms with van der Waals surface area (Å²) in [6, 6.07) is 19.9. The van der Waals surface area contributed by atoms with Crippen molar-refractivity contribution in [3.05, 3.63) is 106 Å². The van der Waals surface area contributed by atoms with E-state index in [4.69, 9.17) is 11.6 Å². The Morgan fingerprint density at radius 2 is 1.50 bits per heavy atom. The molecule has 0 bridgehead atoms. The van der Waals surface area contributed by atoms with Gasteiger partial charge in [0.15, 0.2) is 0 Å². The fourth-order valence-corrected chi connectivity index (χ4v) is 3.05. The predicted octanol–water partition coefficient (Wildman–Crippen LogP) is 7.13. The third-order valence-corrected chi connectivity index (χ3v) is 4.61. The van der Waals surface area contributed by atoms with Gasteiger partial charge in [0, 0.05) is 10.6 Å². The van der Waals surface area contributed by atoms with Gasteiger partial charge in [0.2, 0.25) is 0 Å². The molecule has 0 aliphatic rings. The fourth-order valence-electron chi connectivity index (χ4n) is 2.92. The van der Waals surface area contributed by atoms with Gasteiger partial charge in [-0.1, -0.05) is 67.1 Å². The van der Waals surface area contributed by atoms with Crippen LogP contribution in [-0.2, 0) is 6.42 Å². The lowest BCUT2D eigenvalue weighted by atomic mass is 9.93. The van der Waals surface area contributed by atoms with Crippen LogP contribution in [0, 0.1) is 11.6 Å². The Bertz CT molecular complexity index is 876. The Morgan fingerprint density at radius 1 is 0.885 bits per heavy atom. The standard InChI is InChI=1S/C23H19ClF2/c1-16(19-5-3-2-4-6-19)13-18-14-22(25)21(23(26)15-18)12-9-17-7-10-20(24)11-8-17/h2-12,14-16H,13H2,1H3/b12-9+. The van der Waals surface area contributed by atoms with E-state index in [0.717, 1.165) is 11.1 Å². The number of benzene rings is 3. The van der Waals surface area contributed by atoms with Crippen molar-refractivity contribution >= 4 is 23.8 Å². The zero-order chi connectivity index (χ0) is 18.5. The van der Waals surface area contributed by atoms with Crippen molar-refractivity contribution in [3.8, 4) is 0 Å². The molecule has 0 aliphatic heterocycles. The molecule has 132 valence electrons. The maximum atomic E-state index is 14.4. The van der Waals surface area contributed by atoms with E-state index in [-0.39, 0.29) is 11.5 Å². The average Bonchev–Trinajstić information content (AvgIpc) is 2.63. The molecule has 0 aliphatic carbocycles. The largest absolute Gasteiger partial charge is 0.206 e. The highest BCUT2D eigenvalue weighted by Gasteiger charge is 2.12. The second-order valence-electron chi connectivity index (χ2n) is 6.37. The molecule has 0 amide bonds. The molecular formula is C23H19ClF2. The Hall–Kier alpha value is -2.45. The van der Waals surface area contributed by atoms with Crippen LogP contribution in [0.2, 0.25) is 5.02 Å². The van der Waals surface area contributed by atoms with Crippen LogP contribution in [0.1, 0.15) is 35.1 Å². The second-order valence-corrected chi connectivity index (χ2v) is 6.81. The lowest BCUT2D eigenvalue weighted by Gasteiger charge is -2.13. The molecule has 1 atom stereocenters. The predicted molar refractivity (Wildman–Crippen MR) is 105 cm³/mol. The monoisotopic (exact) mass is 368 g/mol. The highest BCUT2D eigenvalue weighted by atomic mass is 35.5. The SMILES string of the molecule is CC(Cc1cc(F)c(/C=C/c2ccc(Cl)cc2)c(F)c1)c1ccccc1. The van der Waals surface area contributed by atoms with E-state index in [1.165, 1.54) is 18.2 Å². The summed E-state index contributed by atoms with van der Waals surface area (Å²) in [5, 5.41) is 0.622. The van der Waals surface area contributed by atoms with Gasteiger partial charge < -0.3 is 0 Å². The molecule has 3 aromatic rings. The van der Waals surface area contributed by atoms with Gasteiger partial charge in [-0.3, -0.25) is 0 Å². The maximum Gasteiger partial charge on any atom is 0.133 e. The molecule has 0 saturated carbocycles. The van der Waals surface area contributed by atoms with E-state index in [1.807, 2.05) is 30.3 Å². The third-order valence-electron chi connectivity index (χ3n) is 4.36. The van der Waals surface area contributed by atoms with Gasteiger partial charge in [0.05, 0.1) is 0 Å². The third kappa shape index (κ3) is 4.59. The zero-order valence-corrected chi connectivity index (χ0v) is 15.2. The van der Waals surface area contributed by atoms with E-state index in [2.05, 4.69) is 6.92 Å². The first-order valence-electron chi connectivity index (χ1n) is 8.49. The fraction of sp³-hybridized carbons (Fsp3) is 0.130. The molecule has 0 nitrogen and oxygen atoms in total. The van der Waals surface area contributed by atoms with E-state index in [1.54, 1.807) is 30.3 Å². The molecule has 0 N–H and O–H groups in total. The molecule has 0 spiro atoms. The number of halogens is 3. The zero-order valence-electron chi connectivity index (χ0n) is 14.4. The van der Waals surface area contributed by atoms with Crippen LogP contribution in [-0.4, -0.2) is 0 Å². The van der Waals surface area contributed by atoms with Gasteiger partial charge >= 0.3 is 0 Å². The highest BCUT2D eigenvalue weighted by molar-refractivity contribution is 6.30. The molecule has 0 radical (unpaired) electrons. The Labute approximate surface area is 157 Å². The van der Waals surface area contributed by atoms with Crippen molar-refractivity contribution < 1.29 is 8.78 Å². The molecule has 26 heavy (non-hydrogen) atoms. The topological polar surface area (TPSA) is 0 Å². The van der Waals surface area contributed by atoms with Crippen molar-refractivity contribution in [2.45, 2.75) is 19.3 Å². The summed E-state index contributed by atoms with van der Waals surface area (Å²) in [5.74, 6) is -0.915. The van der Waals surface area contributed by atoms with Crippen molar-refractivity contribution in [2.75, 3.05) is 0 Å². The summed E-state index contributed by atoms with van der Waals surface area (Å²) in [6.45, 7) is 2.06. The second kappa shape index (κ2) is 8.29. The van der Waals surface area contributed by atoms with Gasteiger partial charge in [-0.2, -0.15) is 0 Å². The smallest absolute Gasteiger partial charge is 0.133 e. The van der Waals surface area contributed by atoms with Crippen LogP contribution in [0.4, 0.5) is 8.78 Å². The first-order chi connectivity index (χ1) is 12.5. The van der Waals surface area contributed by atoms with Crippen molar-refractivity contribution in [1.82, 2.24) is 0 Å². The molecule has 0 fully saturated rings. The highest BCUT2D eigenvalue weighted by Crippen LogP contribution is 2.24. The van der Waals surface area contributed by atoms with Crippen molar-refractivity contribution in [1.29, 1.82) is 0 Å².